The molecule has 4 rings (SSSR count). The minimum absolute atomic E-state index is 0.00831. The Labute approximate surface area is 204 Å². The molecule has 0 aliphatic rings. The van der Waals surface area contributed by atoms with Crippen molar-refractivity contribution >= 4 is 26.8 Å². The zero-order valence-corrected chi connectivity index (χ0v) is 20.4. The zero-order valence-electron chi connectivity index (χ0n) is 19.6. The summed E-state index contributed by atoms with van der Waals surface area (Å²) in [6, 6.07) is 22.1. The van der Waals surface area contributed by atoms with Gasteiger partial charge in [0.05, 0.1) is 23.4 Å². The predicted octanol–water partition coefficient (Wildman–Crippen LogP) is 5.33. The third-order valence-corrected chi connectivity index (χ3v) is 7.21. The van der Waals surface area contributed by atoms with Gasteiger partial charge in [0.15, 0.2) is 0 Å². The first-order valence-electron chi connectivity index (χ1n) is 11.5. The highest BCUT2D eigenvalue weighted by Crippen LogP contribution is 2.29. The van der Waals surface area contributed by atoms with Crippen LogP contribution >= 0.6 is 0 Å². The Morgan fingerprint density at radius 2 is 1.71 bits per heavy atom. The van der Waals surface area contributed by atoms with Crippen molar-refractivity contribution < 1.29 is 23.1 Å². The maximum absolute atomic E-state index is 13.5. The Morgan fingerprint density at radius 1 is 0.971 bits per heavy atom. The standard InChI is InChI=1S/C27H28N2O5S/c1-20-11-13-22(14-12-20)29-25-18-23(34-17-7-3-6-10-26(30)31)15-16-24(25)28-27(29)35(32,33)19-21-8-4-2-5-9-21/h2,4-5,8-9,11-16,18H,3,6-7,10,17,19H2,1H3,(H,30,31). The SMILES string of the molecule is Cc1ccc(-n2c(S(=O)(=O)Cc3ccccc3)nc3ccc(OCCCCCC(=O)O)cc32)cc1. The number of hydrogen-bond acceptors (Lipinski definition) is 5. The number of hydrogen-bond donors (Lipinski definition) is 1. The number of aromatic nitrogens is 2. The molecule has 0 atom stereocenters. The van der Waals surface area contributed by atoms with Gasteiger partial charge in [0.25, 0.3) is 0 Å². The Balaban J connectivity index is 1.67. The summed E-state index contributed by atoms with van der Waals surface area (Å²) in [5, 5.41) is 8.73. The van der Waals surface area contributed by atoms with Crippen LogP contribution in [0.4, 0.5) is 0 Å². The number of carboxylic acids is 1. The van der Waals surface area contributed by atoms with Gasteiger partial charge >= 0.3 is 5.97 Å². The van der Waals surface area contributed by atoms with Crippen LogP contribution in [0.5, 0.6) is 5.75 Å². The van der Waals surface area contributed by atoms with Gasteiger partial charge in [-0.15, -0.1) is 0 Å². The molecule has 0 bridgehead atoms. The fourth-order valence-corrected chi connectivity index (χ4v) is 5.36. The van der Waals surface area contributed by atoms with Crippen molar-refractivity contribution in [3.8, 4) is 11.4 Å². The Bertz CT molecular complexity index is 1410. The molecule has 4 aromatic rings. The molecule has 0 fully saturated rings. The lowest BCUT2D eigenvalue weighted by Gasteiger charge is -2.11. The van der Waals surface area contributed by atoms with E-state index < -0.39 is 15.8 Å². The second-order valence-electron chi connectivity index (χ2n) is 8.51. The molecule has 0 spiro atoms. The van der Waals surface area contributed by atoms with E-state index in [9.17, 15) is 13.2 Å². The number of fused-ring (bicyclic) bond motifs is 1. The smallest absolute Gasteiger partial charge is 0.303 e. The first kappa shape index (κ1) is 24.5. The van der Waals surface area contributed by atoms with Crippen LogP contribution in [0.3, 0.4) is 0 Å². The van der Waals surface area contributed by atoms with Crippen LogP contribution in [0, 0.1) is 6.92 Å². The summed E-state index contributed by atoms with van der Waals surface area (Å²) in [6.07, 6.45) is 2.26. The molecule has 0 saturated carbocycles. The minimum atomic E-state index is -3.75. The van der Waals surface area contributed by atoms with Crippen molar-refractivity contribution in [1.82, 2.24) is 9.55 Å². The zero-order chi connectivity index (χ0) is 24.8. The van der Waals surface area contributed by atoms with E-state index in [1.807, 2.05) is 49.4 Å². The third-order valence-electron chi connectivity index (χ3n) is 5.67. The summed E-state index contributed by atoms with van der Waals surface area (Å²) in [5.41, 5.74) is 3.67. The summed E-state index contributed by atoms with van der Waals surface area (Å²) in [6.45, 7) is 2.42. The molecule has 0 radical (unpaired) electrons. The summed E-state index contributed by atoms with van der Waals surface area (Å²) in [4.78, 5) is 15.2. The van der Waals surface area contributed by atoms with Crippen LogP contribution in [0.2, 0.25) is 0 Å². The van der Waals surface area contributed by atoms with Crippen molar-refractivity contribution in [3.05, 3.63) is 83.9 Å². The Hall–Kier alpha value is -3.65. The summed E-state index contributed by atoms with van der Waals surface area (Å²) >= 11 is 0. The summed E-state index contributed by atoms with van der Waals surface area (Å²) < 4.78 is 34.5. The Morgan fingerprint density at radius 3 is 2.43 bits per heavy atom. The molecule has 7 nitrogen and oxygen atoms in total. The molecule has 0 saturated heterocycles. The van der Waals surface area contributed by atoms with E-state index in [4.69, 9.17) is 9.84 Å². The maximum atomic E-state index is 13.5. The van der Waals surface area contributed by atoms with Crippen LogP contribution in [0.1, 0.15) is 36.8 Å². The number of ether oxygens (including phenoxy) is 1. The van der Waals surface area contributed by atoms with E-state index >= 15 is 0 Å². The van der Waals surface area contributed by atoms with Crippen LogP contribution in [-0.4, -0.2) is 35.7 Å². The van der Waals surface area contributed by atoms with Crippen LogP contribution in [0.25, 0.3) is 16.7 Å². The van der Waals surface area contributed by atoms with Gasteiger partial charge < -0.3 is 9.84 Å². The lowest BCUT2D eigenvalue weighted by Crippen LogP contribution is -2.12. The van der Waals surface area contributed by atoms with Crippen LogP contribution in [-0.2, 0) is 20.4 Å². The van der Waals surface area contributed by atoms with E-state index in [-0.39, 0.29) is 17.3 Å². The van der Waals surface area contributed by atoms with Gasteiger partial charge in [0.2, 0.25) is 15.0 Å². The molecule has 35 heavy (non-hydrogen) atoms. The van der Waals surface area contributed by atoms with Gasteiger partial charge in [-0.2, -0.15) is 0 Å². The first-order valence-corrected chi connectivity index (χ1v) is 13.2. The van der Waals surface area contributed by atoms with Crippen LogP contribution < -0.4 is 4.74 Å². The third kappa shape index (κ3) is 6.08. The normalized spacial score (nSPS) is 11.6. The topological polar surface area (TPSA) is 98.5 Å². The maximum Gasteiger partial charge on any atom is 0.303 e. The lowest BCUT2D eigenvalue weighted by molar-refractivity contribution is -0.137. The van der Waals surface area contributed by atoms with Gasteiger partial charge in [-0.25, -0.2) is 13.4 Å². The number of carbonyl (C=O) groups is 1. The average molecular weight is 493 g/mol. The highest BCUT2D eigenvalue weighted by molar-refractivity contribution is 7.90. The number of benzene rings is 3. The highest BCUT2D eigenvalue weighted by atomic mass is 32.2. The monoisotopic (exact) mass is 492 g/mol. The quantitative estimate of drug-likeness (QED) is 0.284. The predicted molar refractivity (Wildman–Crippen MR) is 135 cm³/mol. The van der Waals surface area contributed by atoms with E-state index in [0.717, 1.165) is 18.4 Å². The molecule has 3 aromatic carbocycles. The lowest BCUT2D eigenvalue weighted by atomic mass is 10.2. The number of imidazole rings is 1. The summed E-state index contributed by atoms with van der Waals surface area (Å²) in [5.74, 6) is -0.335. The summed E-state index contributed by atoms with van der Waals surface area (Å²) in [7, 11) is -3.75. The fourth-order valence-electron chi connectivity index (χ4n) is 3.88. The molecule has 1 N–H and O–H groups in total. The molecule has 1 aromatic heterocycles. The number of rotatable bonds is 11. The molecule has 0 unspecified atom stereocenters. The Kier molecular flexibility index (Phi) is 7.51. The first-order chi connectivity index (χ1) is 16.8. The van der Waals surface area contributed by atoms with Crippen molar-refractivity contribution in [1.29, 1.82) is 0 Å². The number of aryl methyl sites for hydroxylation is 1. The van der Waals surface area contributed by atoms with Gasteiger partial charge in [-0.1, -0.05) is 48.0 Å². The van der Waals surface area contributed by atoms with Crippen molar-refractivity contribution in [2.24, 2.45) is 0 Å². The van der Waals surface area contributed by atoms with Crippen molar-refractivity contribution in [3.63, 3.8) is 0 Å². The molecular formula is C27H28N2O5S. The number of nitrogens with zero attached hydrogens (tertiary/aromatic N) is 2. The molecule has 1 heterocycles. The number of carboxylic acid groups (broad SMARTS) is 1. The molecule has 0 amide bonds. The van der Waals surface area contributed by atoms with Gasteiger partial charge in [0, 0.05) is 18.2 Å². The molecule has 182 valence electrons. The highest BCUT2D eigenvalue weighted by Gasteiger charge is 2.25. The molecule has 0 aliphatic heterocycles. The van der Waals surface area contributed by atoms with Crippen molar-refractivity contribution in [2.75, 3.05) is 6.61 Å². The second kappa shape index (κ2) is 10.7. The van der Waals surface area contributed by atoms with Crippen molar-refractivity contribution in [2.45, 2.75) is 43.5 Å². The van der Waals surface area contributed by atoms with E-state index in [1.54, 1.807) is 34.9 Å². The van der Waals surface area contributed by atoms with E-state index in [2.05, 4.69) is 4.98 Å². The number of aliphatic carboxylic acids is 1. The minimum Gasteiger partial charge on any atom is -0.494 e. The van der Waals surface area contributed by atoms with Crippen LogP contribution in [0.15, 0.2) is 78.0 Å². The second-order valence-corrected chi connectivity index (χ2v) is 10.4. The molecular weight excluding hydrogens is 464 g/mol. The fraction of sp³-hybridized carbons (Fsp3) is 0.259. The number of sulfone groups is 1. The van der Waals surface area contributed by atoms with Gasteiger partial charge in [0.1, 0.15) is 5.75 Å². The average Bonchev–Trinajstić information content (AvgIpc) is 3.22. The largest absolute Gasteiger partial charge is 0.494 e. The molecule has 8 heteroatoms. The number of unbranched alkanes of at least 4 members (excludes halogenated alkanes) is 2. The van der Waals surface area contributed by atoms with E-state index in [0.29, 0.717) is 41.1 Å². The van der Waals surface area contributed by atoms with Gasteiger partial charge in [-0.05, 0) is 56.0 Å². The van der Waals surface area contributed by atoms with Gasteiger partial charge in [-0.3, -0.25) is 9.36 Å². The molecule has 0 aliphatic carbocycles. The van der Waals surface area contributed by atoms with E-state index in [1.165, 1.54) is 0 Å².